The molecule has 0 bridgehead atoms. The smallest absolute Gasteiger partial charge is 0.282 e. The highest BCUT2D eigenvalue weighted by atomic mass is 32.1. The lowest BCUT2D eigenvalue weighted by Crippen LogP contribution is -2.23. The lowest BCUT2D eigenvalue weighted by Gasteiger charge is -1.97. The Labute approximate surface area is 74.0 Å². The minimum Gasteiger partial charge on any atom is -0.374 e. The second-order valence-corrected chi connectivity index (χ2v) is 3.21. The number of aromatic nitrogens is 2. The standard InChI is InChI=1S/C6H10N4OS/c1-2-3-8-4(11)5-9-10-6(7)12-5/h2-3H2,1H3,(H2,7,10)(H,8,11). The molecule has 1 heterocycles. The molecule has 6 heteroatoms. The average molecular weight is 186 g/mol. The van der Waals surface area contributed by atoms with Crippen LogP contribution in [0.5, 0.6) is 0 Å². The maximum absolute atomic E-state index is 11.2. The number of anilines is 1. The zero-order valence-corrected chi connectivity index (χ0v) is 7.52. The monoisotopic (exact) mass is 186 g/mol. The molecule has 3 N–H and O–H groups in total. The SMILES string of the molecule is CCCNC(=O)c1nnc(N)s1. The quantitative estimate of drug-likeness (QED) is 0.709. The summed E-state index contributed by atoms with van der Waals surface area (Å²) in [4.78, 5) is 11.2. The van der Waals surface area contributed by atoms with Gasteiger partial charge in [0.25, 0.3) is 5.91 Å². The molecule has 0 aromatic carbocycles. The van der Waals surface area contributed by atoms with Crippen molar-refractivity contribution in [1.82, 2.24) is 15.5 Å². The van der Waals surface area contributed by atoms with Crippen LogP contribution in [0.4, 0.5) is 5.13 Å². The van der Waals surface area contributed by atoms with Gasteiger partial charge < -0.3 is 11.1 Å². The van der Waals surface area contributed by atoms with Crippen LogP contribution < -0.4 is 11.1 Å². The molecule has 0 radical (unpaired) electrons. The summed E-state index contributed by atoms with van der Waals surface area (Å²) in [5, 5.41) is 10.4. The summed E-state index contributed by atoms with van der Waals surface area (Å²) in [7, 11) is 0. The molecule has 0 saturated heterocycles. The average Bonchev–Trinajstić information content (AvgIpc) is 2.47. The minimum absolute atomic E-state index is 0.203. The largest absolute Gasteiger partial charge is 0.374 e. The Hall–Kier alpha value is -1.17. The molecule has 66 valence electrons. The number of hydrogen-bond acceptors (Lipinski definition) is 5. The van der Waals surface area contributed by atoms with Crippen LogP contribution in [-0.4, -0.2) is 22.6 Å². The van der Waals surface area contributed by atoms with Gasteiger partial charge in [0.2, 0.25) is 10.1 Å². The predicted octanol–water partition coefficient (Wildman–Crippen LogP) is 0.260. The van der Waals surface area contributed by atoms with E-state index < -0.39 is 0 Å². The van der Waals surface area contributed by atoms with Gasteiger partial charge in [0.05, 0.1) is 0 Å². The van der Waals surface area contributed by atoms with Crippen molar-refractivity contribution in [2.24, 2.45) is 0 Å². The molecule has 12 heavy (non-hydrogen) atoms. The highest BCUT2D eigenvalue weighted by Gasteiger charge is 2.09. The van der Waals surface area contributed by atoms with Gasteiger partial charge in [-0.25, -0.2) is 0 Å². The third-order valence-electron chi connectivity index (χ3n) is 1.17. The highest BCUT2D eigenvalue weighted by molar-refractivity contribution is 7.16. The van der Waals surface area contributed by atoms with E-state index in [1.807, 2.05) is 6.92 Å². The summed E-state index contributed by atoms with van der Waals surface area (Å²) in [5.41, 5.74) is 5.31. The topological polar surface area (TPSA) is 80.9 Å². The molecular formula is C6H10N4OS. The van der Waals surface area contributed by atoms with Crippen LogP contribution in [-0.2, 0) is 0 Å². The van der Waals surface area contributed by atoms with Crippen LogP contribution in [0.15, 0.2) is 0 Å². The van der Waals surface area contributed by atoms with Gasteiger partial charge in [0.15, 0.2) is 0 Å². The number of nitrogens with one attached hydrogen (secondary N) is 1. The molecule has 1 amide bonds. The van der Waals surface area contributed by atoms with Gasteiger partial charge in [-0.3, -0.25) is 4.79 Å². The van der Waals surface area contributed by atoms with Gasteiger partial charge in [-0.05, 0) is 6.42 Å². The Morgan fingerprint density at radius 1 is 1.67 bits per heavy atom. The van der Waals surface area contributed by atoms with Gasteiger partial charge in [-0.1, -0.05) is 18.3 Å². The second-order valence-electron chi connectivity index (χ2n) is 2.20. The number of hydrogen-bond donors (Lipinski definition) is 2. The lowest BCUT2D eigenvalue weighted by molar-refractivity contribution is 0.0952. The van der Waals surface area contributed by atoms with Gasteiger partial charge in [-0.2, -0.15) is 0 Å². The summed E-state index contributed by atoms with van der Waals surface area (Å²) in [6, 6.07) is 0. The van der Waals surface area contributed by atoms with E-state index in [0.29, 0.717) is 16.7 Å². The van der Waals surface area contributed by atoms with E-state index >= 15 is 0 Å². The van der Waals surface area contributed by atoms with Crippen LogP contribution in [0.25, 0.3) is 0 Å². The summed E-state index contributed by atoms with van der Waals surface area (Å²) in [5.74, 6) is -0.203. The first-order valence-electron chi connectivity index (χ1n) is 3.61. The first-order valence-corrected chi connectivity index (χ1v) is 4.43. The number of nitrogens with zero attached hydrogens (tertiary/aromatic N) is 2. The Morgan fingerprint density at radius 3 is 2.92 bits per heavy atom. The van der Waals surface area contributed by atoms with Gasteiger partial charge in [-0.15, -0.1) is 10.2 Å². The summed E-state index contributed by atoms with van der Waals surface area (Å²) in [6.07, 6.45) is 0.903. The Balaban J connectivity index is 2.53. The zero-order valence-electron chi connectivity index (χ0n) is 6.70. The second kappa shape index (κ2) is 4.01. The van der Waals surface area contributed by atoms with E-state index in [0.717, 1.165) is 17.8 Å². The Kier molecular flexibility index (Phi) is 2.98. The molecule has 0 spiro atoms. The molecule has 1 aromatic rings. The number of carbonyl (C=O) groups excluding carboxylic acids is 1. The fraction of sp³-hybridized carbons (Fsp3) is 0.500. The predicted molar refractivity (Wildman–Crippen MR) is 46.9 cm³/mol. The number of rotatable bonds is 3. The minimum atomic E-state index is -0.203. The first kappa shape index (κ1) is 8.92. The first-order chi connectivity index (χ1) is 5.74. The molecule has 0 aliphatic rings. The molecule has 0 aliphatic heterocycles. The number of nitrogens with two attached hydrogens (primary N) is 1. The van der Waals surface area contributed by atoms with Gasteiger partial charge in [0.1, 0.15) is 0 Å². The van der Waals surface area contributed by atoms with Crippen molar-refractivity contribution in [2.45, 2.75) is 13.3 Å². The van der Waals surface area contributed by atoms with E-state index in [2.05, 4.69) is 15.5 Å². The molecule has 0 fully saturated rings. The molecule has 1 rings (SSSR count). The number of carbonyl (C=O) groups is 1. The van der Waals surface area contributed by atoms with Gasteiger partial charge in [0, 0.05) is 6.54 Å². The van der Waals surface area contributed by atoms with Crippen molar-refractivity contribution in [3.8, 4) is 0 Å². The molecule has 0 atom stereocenters. The van der Waals surface area contributed by atoms with E-state index in [-0.39, 0.29) is 5.91 Å². The summed E-state index contributed by atoms with van der Waals surface area (Å²) >= 11 is 1.09. The fourth-order valence-corrected chi connectivity index (χ4v) is 1.17. The maximum Gasteiger partial charge on any atom is 0.282 e. The molecule has 5 nitrogen and oxygen atoms in total. The van der Waals surface area contributed by atoms with E-state index in [9.17, 15) is 4.79 Å². The van der Waals surface area contributed by atoms with Crippen molar-refractivity contribution in [3.63, 3.8) is 0 Å². The van der Waals surface area contributed by atoms with Crippen LogP contribution >= 0.6 is 11.3 Å². The van der Waals surface area contributed by atoms with Gasteiger partial charge >= 0.3 is 0 Å². The van der Waals surface area contributed by atoms with Crippen molar-refractivity contribution in [2.75, 3.05) is 12.3 Å². The van der Waals surface area contributed by atoms with E-state index in [1.54, 1.807) is 0 Å². The fourth-order valence-electron chi connectivity index (χ4n) is 0.640. The number of nitrogen functional groups attached to an aromatic ring is 1. The van der Waals surface area contributed by atoms with Crippen molar-refractivity contribution >= 4 is 22.4 Å². The summed E-state index contributed by atoms with van der Waals surface area (Å²) < 4.78 is 0. The molecule has 1 aromatic heterocycles. The van der Waals surface area contributed by atoms with Crippen molar-refractivity contribution in [1.29, 1.82) is 0 Å². The van der Waals surface area contributed by atoms with Crippen LogP contribution in [0.2, 0.25) is 0 Å². The van der Waals surface area contributed by atoms with E-state index in [4.69, 9.17) is 5.73 Å². The Morgan fingerprint density at radius 2 is 2.42 bits per heavy atom. The third-order valence-corrected chi connectivity index (χ3v) is 1.92. The zero-order chi connectivity index (χ0) is 8.97. The van der Waals surface area contributed by atoms with Crippen LogP contribution in [0, 0.1) is 0 Å². The van der Waals surface area contributed by atoms with E-state index in [1.165, 1.54) is 0 Å². The van der Waals surface area contributed by atoms with Crippen molar-refractivity contribution in [3.05, 3.63) is 5.01 Å². The summed E-state index contributed by atoms with van der Waals surface area (Å²) in [6.45, 7) is 2.63. The van der Waals surface area contributed by atoms with Crippen molar-refractivity contribution < 1.29 is 4.79 Å². The van der Waals surface area contributed by atoms with Crippen LogP contribution in [0.3, 0.4) is 0 Å². The molecular weight excluding hydrogens is 176 g/mol. The maximum atomic E-state index is 11.2. The third kappa shape index (κ3) is 2.16. The molecule has 0 aliphatic carbocycles. The molecule has 0 saturated carbocycles. The normalized spacial score (nSPS) is 9.75. The lowest BCUT2D eigenvalue weighted by atomic mass is 10.5. The molecule has 0 unspecified atom stereocenters. The van der Waals surface area contributed by atoms with Crippen LogP contribution in [0.1, 0.15) is 23.1 Å². The number of amides is 1. The Bertz CT molecular complexity index is 272. The highest BCUT2D eigenvalue weighted by Crippen LogP contribution is 2.09.